The van der Waals surface area contributed by atoms with Gasteiger partial charge in [-0.2, -0.15) is 0 Å². The van der Waals surface area contributed by atoms with Gasteiger partial charge in [-0.1, -0.05) is 17.4 Å². The summed E-state index contributed by atoms with van der Waals surface area (Å²) in [6.45, 7) is 4.88. The molecule has 3 aromatic heterocycles. The van der Waals surface area contributed by atoms with Crippen LogP contribution < -0.4 is 26.2 Å². The Hall–Kier alpha value is -3.55. The minimum absolute atomic E-state index is 0.00584. The maximum atomic E-state index is 13.4. The number of pyridine rings is 2. The van der Waals surface area contributed by atoms with E-state index in [-0.39, 0.29) is 24.3 Å². The van der Waals surface area contributed by atoms with E-state index in [4.69, 9.17) is 20.6 Å². The second-order valence-corrected chi connectivity index (χ2v) is 10.8. The Morgan fingerprint density at radius 3 is 2.77 bits per heavy atom. The van der Waals surface area contributed by atoms with Crippen LogP contribution in [0.3, 0.4) is 0 Å². The Kier molecular flexibility index (Phi) is 8.38. The normalized spacial score (nSPS) is 18.3. The maximum absolute atomic E-state index is 13.4. The molecular formula is C26H34N8O4S. The summed E-state index contributed by atoms with van der Waals surface area (Å²) in [6, 6.07) is 6.57. The summed E-state index contributed by atoms with van der Waals surface area (Å²) in [5, 5.41) is 15.9. The summed E-state index contributed by atoms with van der Waals surface area (Å²) < 4.78 is 6.30. The van der Waals surface area contributed by atoms with Crippen LogP contribution in [0.5, 0.6) is 0 Å². The first-order chi connectivity index (χ1) is 18.9. The van der Waals surface area contributed by atoms with Crippen LogP contribution in [-0.4, -0.2) is 83.4 Å². The van der Waals surface area contributed by atoms with E-state index in [2.05, 4.69) is 25.5 Å². The van der Waals surface area contributed by atoms with Gasteiger partial charge in [0.15, 0.2) is 16.6 Å². The number of aliphatic hydroxyl groups is 1. The summed E-state index contributed by atoms with van der Waals surface area (Å²) in [4.78, 5) is 43.5. The summed E-state index contributed by atoms with van der Waals surface area (Å²) in [7, 11) is 0. The lowest BCUT2D eigenvalue weighted by molar-refractivity contribution is -0.149. The average molecular weight is 555 g/mol. The average Bonchev–Trinajstić information content (AvgIpc) is 3.58. The molecule has 3 aromatic rings. The van der Waals surface area contributed by atoms with E-state index < -0.39 is 12.0 Å². The molecule has 0 saturated carbocycles. The number of rotatable bonds is 9. The predicted molar refractivity (Wildman–Crippen MR) is 152 cm³/mol. The number of esters is 1. The molecule has 0 radical (unpaired) electrons. The van der Waals surface area contributed by atoms with Gasteiger partial charge in [-0.05, 0) is 44.4 Å². The molecular weight excluding hydrogens is 520 g/mol. The minimum Gasteiger partial charge on any atom is -0.459 e. The van der Waals surface area contributed by atoms with Gasteiger partial charge < -0.3 is 36.0 Å². The van der Waals surface area contributed by atoms with Crippen molar-refractivity contribution in [1.29, 1.82) is 0 Å². The number of amides is 1. The van der Waals surface area contributed by atoms with Crippen molar-refractivity contribution in [3.63, 3.8) is 0 Å². The first-order valence-corrected chi connectivity index (χ1v) is 14.1. The van der Waals surface area contributed by atoms with Crippen molar-refractivity contribution in [1.82, 2.24) is 15.0 Å². The Bertz CT molecular complexity index is 1330. The maximum Gasteiger partial charge on any atom is 0.322 e. The first kappa shape index (κ1) is 27.0. The zero-order chi connectivity index (χ0) is 27.4. The molecule has 2 saturated heterocycles. The molecule has 2 atom stereocenters. The molecule has 39 heavy (non-hydrogen) atoms. The van der Waals surface area contributed by atoms with Crippen molar-refractivity contribution >= 4 is 56.0 Å². The van der Waals surface area contributed by atoms with Gasteiger partial charge in [-0.15, -0.1) is 0 Å². The number of hydrogen-bond acceptors (Lipinski definition) is 12. The number of carbonyl (C=O) groups is 2. The van der Waals surface area contributed by atoms with Gasteiger partial charge in [0.05, 0.1) is 23.5 Å². The van der Waals surface area contributed by atoms with E-state index in [1.54, 1.807) is 19.1 Å². The van der Waals surface area contributed by atoms with Crippen molar-refractivity contribution in [2.45, 2.75) is 44.8 Å². The zero-order valence-corrected chi connectivity index (χ0v) is 22.7. The van der Waals surface area contributed by atoms with Crippen LogP contribution in [0.25, 0.3) is 10.3 Å². The number of piperidine rings is 1. The quantitative estimate of drug-likeness (QED) is 0.287. The second-order valence-electron chi connectivity index (χ2n) is 9.82. The number of nitrogens with two attached hydrogens (primary N) is 1. The van der Waals surface area contributed by atoms with Crippen molar-refractivity contribution < 1.29 is 19.4 Å². The number of hydrogen-bond donors (Lipinski definition) is 4. The molecule has 12 nitrogen and oxygen atoms in total. The van der Waals surface area contributed by atoms with E-state index >= 15 is 0 Å². The van der Waals surface area contributed by atoms with E-state index in [1.807, 2.05) is 17.0 Å². The van der Waals surface area contributed by atoms with Gasteiger partial charge in [0, 0.05) is 32.6 Å². The Balaban J connectivity index is 1.35. The standard InChI is InChI=1S/C26H34N8O4S/c1-16(27)25(37)38-17-8-12-34(15-17)21-7-5-6-18(29-21)24(36)30-19-14-20-22(32-26(39-20)28-9-13-35)31-23(19)33-10-3-2-4-11-33/h5-7,14,16-17,35H,2-4,8-13,15,27H2,1H3,(H,30,36)(H,28,31,32)/t16?,17-/m0/s1. The van der Waals surface area contributed by atoms with Gasteiger partial charge in [0.25, 0.3) is 5.91 Å². The van der Waals surface area contributed by atoms with Gasteiger partial charge in [-0.3, -0.25) is 9.59 Å². The Labute approximate surface area is 230 Å². The third-order valence-electron chi connectivity index (χ3n) is 6.75. The highest BCUT2D eigenvalue weighted by atomic mass is 32.1. The number of nitrogens with one attached hydrogen (secondary N) is 2. The van der Waals surface area contributed by atoms with Crippen LogP contribution in [-0.2, 0) is 9.53 Å². The monoisotopic (exact) mass is 554 g/mol. The predicted octanol–water partition coefficient (Wildman–Crippen LogP) is 2.20. The van der Waals surface area contributed by atoms with Crippen LogP contribution in [0.4, 0.5) is 22.5 Å². The highest BCUT2D eigenvalue weighted by Crippen LogP contribution is 2.34. The van der Waals surface area contributed by atoms with Crippen molar-refractivity contribution in [3.05, 3.63) is 30.0 Å². The molecule has 2 aliphatic rings. The molecule has 0 aliphatic carbocycles. The summed E-state index contributed by atoms with van der Waals surface area (Å²) >= 11 is 1.42. The molecule has 208 valence electrons. The molecule has 0 aromatic carbocycles. The van der Waals surface area contributed by atoms with Crippen LogP contribution in [0, 0.1) is 0 Å². The fourth-order valence-corrected chi connectivity index (χ4v) is 5.62. The van der Waals surface area contributed by atoms with E-state index in [9.17, 15) is 9.59 Å². The Morgan fingerprint density at radius 1 is 1.18 bits per heavy atom. The highest BCUT2D eigenvalue weighted by molar-refractivity contribution is 7.22. The van der Waals surface area contributed by atoms with Gasteiger partial charge in [0.1, 0.15) is 23.7 Å². The molecule has 2 aliphatic heterocycles. The van der Waals surface area contributed by atoms with Gasteiger partial charge in [0.2, 0.25) is 0 Å². The molecule has 0 bridgehead atoms. The lowest BCUT2D eigenvalue weighted by Gasteiger charge is -2.29. The number of nitrogens with zero attached hydrogens (tertiary/aromatic N) is 5. The number of ether oxygens (including phenoxy) is 1. The van der Waals surface area contributed by atoms with Crippen LogP contribution in [0.15, 0.2) is 24.3 Å². The largest absolute Gasteiger partial charge is 0.459 e. The molecule has 0 spiro atoms. The van der Waals surface area contributed by atoms with Crippen molar-refractivity contribution in [2.24, 2.45) is 5.73 Å². The molecule has 5 rings (SSSR count). The lowest BCUT2D eigenvalue weighted by atomic mass is 10.1. The lowest BCUT2D eigenvalue weighted by Crippen LogP contribution is -2.33. The number of thiazole rings is 1. The second kappa shape index (κ2) is 12.1. The number of anilines is 4. The molecule has 1 amide bonds. The SMILES string of the molecule is CC(N)C(=O)O[C@H]1CCN(c2cccc(C(=O)Nc3cc4sc(NCCO)nc4nc3N3CCCCC3)n2)C1. The zero-order valence-electron chi connectivity index (χ0n) is 21.9. The third-order valence-corrected chi connectivity index (χ3v) is 7.69. The molecule has 5 N–H and O–H groups in total. The van der Waals surface area contributed by atoms with Crippen molar-refractivity contribution in [3.8, 4) is 0 Å². The van der Waals surface area contributed by atoms with Crippen LogP contribution in [0.2, 0.25) is 0 Å². The van der Waals surface area contributed by atoms with Crippen LogP contribution in [0.1, 0.15) is 43.1 Å². The van der Waals surface area contributed by atoms with Crippen LogP contribution >= 0.6 is 11.3 Å². The molecule has 5 heterocycles. The van der Waals surface area contributed by atoms with E-state index in [0.29, 0.717) is 54.2 Å². The first-order valence-electron chi connectivity index (χ1n) is 13.3. The smallest absolute Gasteiger partial charge is 0.322 e. The number of fused-ring (bicyclic) bond motifs is 1. The highest BCUT2D eigenvalue weighted by Gasteiger charge is 2.28. The van der Waals surface area contributed by atoms with Gasteiger partial charge >= 0.3 is 5.97 Å². The Morgan fingerprint density at radius 2 is 2.00 bits per heavy atom. The fraction of sp³-hybridized carbons (Fsp3) is 0.500. The summed E-state index contributed by atoms with van der Waals surface area (Å²) in [6.07, 6.45) is 3.71. The van der Waals surface area contributed by atoms with E-state index in [0.717, 1.165) is 30.6 Å². The molecule has 13 heteroatoms. The van der Waals surface area contributed by atoms with Crippen molar-refractivity contribution in [2.75, 3.05) is 59.8 Å². The number of aliphatic hydroxyl groups excluding tert-OH is 1. The number of carbonyl (C=O) groups excluding carboxylic acids is 2. The number of aromatic nitrogens is 3. The third kappa shape index (κ3) is 6.37. The summed E-state index contributed by atoms with van der Waals surface area (Å²) in [5.41, 5.74) is 7.12. The summed E-state index contributed by atoms with van der Waals surface area (Å²) in [5.74, 6) is 0.590. The minimum atomic E-state index is -0.666. The fourth-order valence-electron chi connectivity index (χ4n) is 4.75. The van der Waals surface area contributed by atoms with Gasteiger partial charge in [-0.25, -0.2) is 15.0 Å². The molecule has 2 fully saturated rings. The topological polar surface area (TPSA) is 159 Å². The molecule has 1 unspecified atom stereocenters. The van der Waals surface area contributed by atoms with E-state index in [1.165, 1.54) is 17.8 Å².